The van der Waals surface area contributed by atoms with Gasteiger partial charge in [-0.2, -0.15) is 0 Å². The molecule has 0 bridgehead atoms. The number of nitrogens with two attached hydrogens (primary N) is 1. The maximum absolute atomic E-state index is 12.7. The van der Waals surface area contributed by atoms with Gasteiger partial charge >= 0.3 is 0 Å². The Morgan fingerprint density at radius 3 is 2.59 bits per heavy atom. The Morgan fingerprint density at radius 2 is 1.86 bits per heavy atom. The van der Waals surface area contributed by atoms with E-state index in [1.807, 2.05) is 59.5 Å². The van der Waals surface area contributed by atoms with Gasteiger partial charge in [-0.25, -0.2) is 0 Å². The molecule has 1 saturated heterocycles. The Kier molecular flexibility index (Phi) is 4.39. The summed E-state index contributed by atoms with van der Waals surface area (Å²) >= 11 is 0. The van der Waals surface area contributed by atoms with Crippen LogP contribution in [0.5, 0.6) is 11.5 Å². The van der Waals surface area contributed by atoms with Crippen LogP contribution >= 0.6 is 0 Å². The first-order valence-corrected chi connectivity index (χ1v) is 7.59. The molecule has 22 heavy (non-hydrogen) atoms. The second kappa shape index (κ2) is 6.62. The number of rotatable bonds is 4. The molecule has 1 aliphatic heterocycles. The van der Waals surface area contributed by atoms with Crippen molar-refractivity contribution >= 4 is 5.91 Å². The van der Waals surface area contributed by atoms with Gasteiger partial charge in [0.25, 0.3) is 5.91 Å². The third-order valence-electron chi connectivity index (χ3n) is 3.99. The fourth-order valence-electron chi connectivity index (χ4n) is 2.73. The van der Waals surface area contributed by atoms with Crippen LogP contribution in [-0.4, -0.2) is 30.4 Å². The van der Waals surface area contributed by atoms with E-state index in [1.165, 1.54) is 0 Å². The molecule has 2 aromatic carbocycles. The monoisotopic (exact) mass is 296 g/mol. The second-order valence-corrected chi connectivity index (χ2v) is 5.55. The molecule has 4 heteroatoms. The topological polar surface area (TPSA) is 55.6 Å². The molecule has 1 aliphatic rings. The number of likely N-dealkylation sites (tertiary alicyclic amines) is 1. The molecule has 0 aliphatic carbocycles. The molecule has 0 aromatic heterocycles. The molecular weight excluding hydrogens is 276 g/mol. The normalized spacial score (nSPS) is 17.5. The molecule has 3 rings (SSSR count). The zero-order valence-corrected chi connectivity index (χ0v) is 12.4. The van der Waals surface area contributed by atoms with E-state index in [2.05, 4.69) is 0 Å². The molecule has 4 nitrogen and oxygen atoms in total. The first-order valence-electron chi connectivity index (χ1n) is 7.59. The third kappa shape index (κ3) is 3.12. The fraction of sp³-hybridized carbons (Fsp3) is 0.278. The number of para-hydroxylation sites is 2. The van der Waals surface area contributed by atoms with Gasteiger partial charge in [-0.15, -0.1) is 0 Å². The van der Waals surface area contributed by atoms with Gasteiger partial charge in [0.05, 0.1) is 5.56 Å². The number of hydrogen-bond acceptors (Lipinski definition) is 3. The Hall–Kier alpha value is -2.33. The van der Waals surface area contributed by atoms with Crippen LogP contribution in [0.15, 0.2) is 54.6 Å². The van der Waals surface area contributed by atoms with Crippen molar-refractivity contribution in [1.82, 2.24) is 4.90 Å². The Bertz CT molecular complexity index is 643. The maximum atomic E-state index is 12.7. The lowest BCUT2D eigenvalue weighted by molar-refractivity contribution is 0.0785. The van der Waals surface area contributed by atoms with Gasteiger partial charge in [0.2, 0.25) is 0 Å². The number of carbonyl (C=O) groups is 1. The summed E-state index contributed by atoms with van der Waals surface area (Å²) in [6.07, 6.45) is 0.976. The van der Waals surface area contributed by atoms with Crippen LogP contribution in [0, 0.1) is 5.92 Å². The number of benzene rings is 2. The highest BCUT2D eigenvalue weighted by molar-refractivity contribution is 5.97. The maximum Gasteiger partial charge on any atom is 0.257 e. The SMILES string of the molecule is NCC1CCN(C(=O)c2ccccc2Oc2ccccc2)C1. The smallest absolute Gasteiger partial charge is 0.257 e. The van der Waals surface area contributed by atoms with E-state index in [4.69, 9.17) is 10.5 Å². The number of amides is 1. The summed E-state index contributed by atoms with van der Waals surface area (Å²) in [5.41, 5.74) is 6.31. The molecule has 1 heterocycles. The molecule has 0 radical (unpaired) electrons. The highest BCUT2D eigenvalue weighted by atomic mass is 16.5. The second-order valence-electron chi connectivity index (χ2n) is 5.55. The minimum absolute atomic E-state index is 0.0162. The molecular formula is C18H20N2O2. The Morgan fingerprint density at radius 1 is 1.14 bits per heavy atom. The van der Waals surface area contributed by atoms with Crippen molar-refractivity contribution in [2.45, 2.75) is 6.42 Å². The third-order valence-corrected chi connectivity index (χ3v) is 3.99. The van der Waals surface area contributed by atoms with E-state index in [-0.39, 0.29) is 5.91 Å². The zero-order valence-electron chi connectivity index (χ0n) is 12.4. The van der Waals surface area contributed by atoms with Gasteiger partial charge in [0, 0.05) is 13.1 Å². The molecule has 1 unspecified atom stereocenters. The Labute approximate surface area is 130 Å². The quantitative estimate of drug-likeness (QED) is 0.944. The van der Waals surface area contributed by atoms with Gasteiger partial charge < -0.3 is 15.4 Å². The largest absolute Gasteiger partial charge is 0.457 e. The van der Waals surface area contributed by atoms with Crippen LogP contribution in [0.2, 0.25) is 0 Å². The first-order chi connectivity index (χ1) is 10.8. The van der Waals surface area contributed by atoms with Crippen molar-refractivity contribution in [1.29, 1.82) is 0 Å². The number of hydrogen-bond donors (Lipinski definition) is 1. The lowest BCUT2D eigenvalue weighted by Gasteiger charge is -2.18. The van der Waals surface area contributed by atoms with E-state index in [0.717, 1.165) is 25.3 Å². The van der Waals surface area contributed by atoms with Crippen molar-refractivity contribution in [3.8, 4) is 11.5 Å². The predicted octanol–water partition coefficient (Wildman–Crippen LogP) is 2.90. The van der Waals surface area contributed by atoms with Gasteiger partial charge in [-0.3, -0.25) is 4.79 Å². The van der Waals surface area contributed by atoms with Crippen molar-refractivity contribution in [3.63, 3.8) is 0 Å². The summed E-state index contributed by atoms with van der Waals surface area (Å²) in [6.45, 7) is 2.13. The van der Waals surface area contributed by atoms with E-state index < -0.39 is 0 Å². The molecule has 1 amide bonds. The van der Waals surface area contributed by atoms with E-state index >= 15 is 0 Å². The summed E-state index contributed by atoms with van der Waals surface area (Å²) in [4.78, 5) is 14.6. The minimum atomic E-state index is 0.0162. The lowest BCUT2D eigenvalue weighted by Crippen LogP contribution is -2.30. The lowest BCUT2D eigenvalue weighted by atomic mass is 10.1. The van der Waals surface area contributed by atoms with Gasteiger partial charge in [-0.1, -0.05) is 30.3 Å². The molecule has 0 spiro atoms. The van der Waals surface area contributed by atoms with E-state index in [0.29, 0.717) is 23.8 Å². The molecule has 2 N–H and O–H groups in total. The zero-order chi connectivity index (χ0) is 15.4. The van der Waals surface area contributed by atoms with Crippen LogP contribution in [0.4, 0.5) is 0 Å². The molecule has 0 saturated carbocycles. The Balaban J connectivity index is 1.80. The van der Waals surface area contributed by atoms with Gasteiger partial charge in [0.15, 0.2) is 0 Å². The van der Waals surface area contributed by atoms with E-state index in [9.17, 15) is 4.79 Å². The van der Waals surface area contributed by atoms with Gasteiger partial charge in [-0.05, 0) is 43.1 Å². The van der Waals surface area contributed by atoms with Crippen LogP contribution in [0.3, 0.4) is 0 Å². The predicted molar refractivity (Wildman–Crippen MR) is 86.0 cm³/mol. The summed E-state index contributed by atoms with van der Waals surface area (Å²) in [7, 11) is 0. The summed E-state index contributed by atoms with van der Waals surface area (Å²) in [5.74, 6) is 1.74. The fourth-order valence-corrected chi connectivity index (χ4v) is 2.73. The molecule has 1 atom stereocenters. The van der Waals surface area contributed by atoms with E-state index in [1.54, 1.807) is 0 Å². The van der Waals surface area contributed by atoms with Gasteiger partial charge in [0.1, 0.15) is 11.5 Å². The average Bonchev–Trinajstić information content (AvgIpc) is 3.05. The van der Waals surface area contributed by atoms with Crippen molar-refractivity contribution in [3.05, 3.63) is 60.2 Å². The summed E-state index contributed by atoms with van der Waals surface area (Å²) < 4.78 is 5.87. The van der Waals surface area contributed by atoms with Crippen molar-refractivity contribution in [2.75, 3.05) is 19.6 Å². The molecule has 1 fully saturated rings. The molecule has 2 aromatic rings. The number of nitrogens with zero attached hydrogens (tertiary/aromatic N) is 1. The van der Waals surface area contributed by atoms with Crippen LogP contribution < -0.4 is 10.5 Å². The van der Waals surface area contributed by atoms with Crippen molar-refractivity contribution < 1.29 is 9.53 Å². The first kappa shape index (κ1) is 14.6. The summed E-state index contributed by atoms with van der Waals surface area (Å²) in [6, 6.07) is 16.9. The average molecular weight is 296 g/mol. The minimum Gasteiger partial charge on any atom is -0.457 e. The highest BCUT2D eigenvalue weighted by Crippen LogP contribution is 2.27. The van der Waals surface area contributed by atoms with Crippen LogP contribution in [0.25, 0.3) is 0 Å². The summed E-state index contributed by atoms with van der Waals surface area (Å²) in [5, 5.41) is 0. The van der Waals surface area contributed by atoms with Crippen LogP contribution in [-0.2, 0) is 0 Å². The highest BCUT2D eigenvalue weighted by Gasteiger charge is 2.27. The standard InChI is InChI=1S/C18H20N2O2/c19-12-14-10-11-20(13-14)18(21)16-8-4-5-9-17(16)22-15-6-2-1-3-7-15/h1-9,14H,10-13,19H2. The molecule has 114 valence electrons. The number of carbonyl (C=O) groups excluding carboxylic acids is 1. The van der Waals surface area contributed by atoms with Crippen LogP contribution in [0.1, 0.15) is 16.8 Å². The number of ether oxygens (including phenoxy) is 1. The van der Waals surface area contributed by atoms with Crippen molar-refractivity contribution in [2.24, 2.45) is 11.7 Å².